The molecule has 0 saturated carbocycles. The average molecular weight is 287 g/mol. The molecule has 2 N–H and O–H groups in total. The molecular weight excluding hydrogens is 276 g/mol. The van der Waals surface area contributed by atoms with Crippen LogP contribution in [0.25, 0.3) is 0 Å². The Balaban J connectivity index is 2.19. The molecule has 0 aromatic rings. The summed E-state index contributed by atoms with van der Waals surface area (Å²) in [5, 5.41) is 5.74. The van der Waals surface area contributed by atoms with E-state index >= 15 is 0 Å². The third kappa shape index (κ3) is 1.97. The number of ether oxygens (including phenoxy) is 1. The van der Waals surface area contributed by atoms with E-state index in [9.17, 15) is 9.59 Å². The van der Waals surface area contributed by atoms with E-state index in [1.807, 2.05) is 6.08 Å². The second-order valence-electron chi connectivity index (χ2n) is 3.64. The fourth-order valence-corrected chi connectivity index (χ4v) is 2.21. The number of amides is 1. The summed E-state index contributed by atoms with van der Waals surface area (Å²) in [5.74, 6) is -1.54. The van der Waals surface area contributed by atoms with E-state index in [2.05, 4.69) is 31.3 Å². The smallest absolute Gasteiger partial charge is 0.318 e. The van der Waals surface area contributed by atoms with E-state index in [1.54, 1.807) is 6.20 Å². The van der Waals surface area contributed by atoms with Crippen LogP contribution in [-0.2, 0) is 14.3 Å². The van der Waals surface area contributed by atoms with Gasteiger partial charge in [0.2, 0.25) is 5.91 Å². The van der Waals surface area contributed by atoms with Gasteiger partial charge in [0.25, 0.3) is 0 Å². The molecule has 0 aliphatic carbocycles. The number of hydrogen-bond acceptors (Lipinski definition) is 4. The molecular formula is C10H11BrN2O3. The predicted octanol–water partition coefficient (Wildman–Crippen LogP) is 0.387. The Bertz CT molecular complexity index is 403. The molecule has 0 bridgehead atoms. The van der Waals surface area contributed by atoms with Crippen LogP contribution in [0, 0.1) is 5.92 Å². The van der Waals surface area contributed by atoms with Crippen LogP contribution in [0.4, 0.5) is 0 Å². The largest absolute Gasteiger partial charge is 0.468 e. The number of fused-ring (bicyclic) bond motifs is 1. The number of esters is 1. The Labute approximate surface area is 101 Å². The standard InChI is InChI=1S/C10H11BrN2O3/c1-16-10(15)7-3-5-2-6(11)4-12-8(5)13-9(7)14/h2,4,7-8,12H,3H2,1H3,(H,13,14). The fraction of sp³-hybridized carbons (Fsp3) is 0.400. The van der Waals surface area contributed by atoms with Gasteiger partial charge in [-0.2, -0.15) is 0 Å². The zero-order valence-electron chi connectivity index (χ0n) is 8.62. The highest BCUT2D eigenvalue weighted by Gasteiger charge is 2.37. The molecule has 0 radical (unpaired) electrons. The van der Waals surface area contributed by atoms with Crippen molar-refractivity contribution < 1.29 is 14.3 Å². The van der Waals surface area contributed by atoms with Crippen molar-refractivity contribution in [3.05, 3.63) is 22.3 Å². The Morgan fingerprint density at radius 1 is 1.62 bits per heavy atom. The summed E-state index contributed by atoms with van der Waals surface area (Å²) in [7, 11) is 1.28. The Morgan fingerprint density at radius 2 is 2.38 bits per heavy atom. The third-order valence-electron chi connectivity index (χ3n) is 2.61. The summed E-state index contributed by atoms with van der Waals surface area (Å²) < 4.78 is 5.48. The van der Waals surface area contributed by atoms with E-state index in [4.69, 9.17) is 0 Å². The summed E-state index contributed by atoms with van der Waals surface area (Å²) in [6, 6.07) is 0. The molecule has 2 heterocycles. The van der Waals surface area contributed by atoms with Crippen molar-refractivity contribution >= 4 is 27.8 Å². The number of carbonyl (C=O) groups excluding carboxylic acids is 2. The van der Waals surface area contributed by atoms with Gasteiger partial charge in [-0.15, -0.1) is 0 Å². The van der Waals surface area contributed by atoms with Crippen LogP contribution in [0.15, 0.2) is 22.3 Å². The van der Waals surface area contributed by atoms with Crippen LogP contribution in [0.1, 0.15) is 6.42 Å². The van der Waals surface area contributed by atoms with Crippen molar-refractivity contribution in [1.82, 2.24) is 10.6 Å². The van der Waals surface area contributed by atoms with Gasteiger partial charge < -0.3 is 15.4 Å². The molecule has 2 aliphatic rings. The number of nitrogens with one attached hydrogen (secondary N) is 2. The molecule has 1 saturated heterocycles. The number of hydrogen-bond donors (Lipinski definition) is 2. The maximum atomic E-state index is 11.6. The van der Waals surface area contributed by atoms with E-state index < -0.39 is 11.9 Å². The highest BCUT2D eigenvalue weighted by Crippen LogP contribution is 2.26. The first kappa shape index (κ1) is 11.2. The minimum atomic E-state index is -0.743. The quantitative estimate of drug-likeness (QED) is 0.541. The normalized spacial score (nSPS) is 28.0. The molecule has 2 rings (SSSR count). The number of halogens is 1. The molecule has 2 aliphatic heterocycles. The summed E-state index contributed by atoms with van der Waals surface area (Å²) >= 11 is 3.33. The number of carbonyl (C=O) groups is 2. The van der Waals surface area contributed by atoms with Crippen molar-refractivity contribution in [2.24, 2.45) is 5.92 Å². The number of methoxy groups -OCH3 is 1. The molecule has 0 aromatic carbocycles. The van der Waals surface area contributed by atoms with Gasteiger partial charge in [0.1, 0.15) is 12.1 Å². The molecule has 5 nitrogen and oxygen atoms in total. The molecule has 1 fully saturated rings. The predicted molar refractivity (Wildman–Crippen MR) is 60.3 cm³/mol. The van der Waals surface area contributed by atoms with Gasteiger partial charge in [0, 0.05) is 10.7 Å². The van der Waals surface area contributed by atoms with Gasteiger partial charge >= 0.3 is 5.97 Å². The third-order valence-corrected chi connectivity index (χ3v) is 3.07. The first-order chi connectivity index (χ1) is 7.61. The Hall–Kier alpha value is -1.30. The van der Waals surface area contributed by atoms with Crippen molar-refractivity contribution in [2.45, 2.75) is 12.6 Å². The Kier molecular flexibility index (Phi) is 3.00. The first-order valence-electron chi connectivity index (χ1n) is 4.82. The second kappa shape index (κ2) is 4.29. The zero-order chi connectivity index (χ0) is 11.7. The molecule has 1 amide bonds. The lowest BCUT2D eigenvalue weighted by atomic mass is 9.91. The highest BCUT2D eigenvalue weighted by atomic mass is 79.9. The topological polar surface area (TPSA) is 67.4 Å². The van der Waals surface area contributed by atoms with E-state index in [1.165, 1.54) is 7.11 Å². The minimum Gasteiger partial charge on any atom is -0.468 e. The molecule has 0 aromatic heterocycles. The monoisotopic (exact) mass is 286 g/mol. The van der Waals surface area contributed by atoms with Gasteiger partial charge in [-0.25, -0.2) is 0 Å². The van der Waals surface area contributed by atoms with Crippen molar-refractivity contribution in [1.29, 1.82) is 0 Å². The van der Waals surface area contributed by atoms with Gasteiger partial charge in [0.05, 0.1) is 7.11 Å². The number of dihydropyridines is 1. The van der Waals surface area contributed by atoms with Crippen molar-refractivity contribution in [3.8, 4) is 0 Å². The molecule has 2 unspecified atom stereocenters. The maximum absolute atomic E-state index is 11.6. The van der Waals surface area contributed by atoms with Gasteiger partial charge in [-0.1, -0.05) is 0 Å². The van der Waals surface area contributed by atoms with Crippen LogP contribution < -0.4 is 10.6 Å². The van der Waals surface area contributed by atoms with Crippen LogP contribution in [0.5, 0.6) is 0 Å². The lowest BCUT2D eigenvalue weighted by molar-refractivity contribution is -0.151. The highest BCUT2D eigenvalue weighted by molar-refractivity contribution is 9.11. The maximum Gasteiger partial charge on any atom is 0.318 e. The molecule has 0 spiro atoms. The Morgan fingerprint density at radius 3 is 3.06 bits per heavy atom. The zero-order valence-corrected chi connectivity index (χ0v) is 10.2. The van der Waals surface area contributed by atoms with E-state index in [0.717, 1.165) is 10.1 Å². The summed E-state index contributed by atoms with van der Waals surface area (Å²) in [4.78, 5) is 23.0. The van der Waals surface area contributed by atoms with Gasteiger partial charge in [0.15, 0.2) is 0 Å². The van der Waals surface area contributed by atoms with Crippen LogP contribution >= 0.6 is 15.9 Å². The second-order valence-corrected chi connectivity index (χ2v) is 4.55. The molecule has 16 heavy (non-hydrogen) atoms. The van der Waals surface area contributed by atoms with E-state index in [-0.39, 0.29) is 12.1 Å². The summed E-state index contributed by atoms with van der Waals surface area (Å²) in [5.41, 5.74) is 0.962. The lowest BCUT2D eigenvalue weighted by Gasteiger charge is -2.32. The van der Waals surface area contributed by atoms with Gasteiger partial charge in [-0.05, 0) is 34.0 Å². The van der Waals surface area contributed by atoms with Crippen molar-refractivity contribution in [2.75, 3.05) is 7.11 Å². The minimum absolute atomic E-state index is 0.213. The lowest BCUT2D eigenvalue weighted by Crippen LogP contribution is -2.54. The number of piperidine rings is 1. The first-order valence-corrected chi connectivity index (χ1v) is 5.61. The summed E-state index contributed by atoms with van der Waals surface area (Å²) in [6.45, 7) is 0. The number of rotatable bonds is 1. The number of allylic oxidation sites excluding steroid dienone is 2. The van der Waals surface area contributed by atoms with Gasteiger partial charge in [-0.3, -0.25) is 9.59 Å². The average Bonchev–Trinajstić information content (AvgIpc) is 2.28. The van der Waals surface area contributed by atoms with Crippen molar-refractivity contribution in [3.63, 3.8) is 0 Å². The van der Waals surface area contributed by atoms with Crippen LogP contribution in [0.2, 0.25) is 0 Å². The molecule has 6 heteroatoms. The fourth-order valence-electron chi connectivity index (χ4n) is 1.79. The molecule has 86 valence electrons. The van der Waals surface area contributed by atoms with Crippen LogP contribution in [0.3, 0.4) is 0 Å². The SMILES string of the molecule is COC(=O)C1CC2=CC(Br)=CNC2NC1=O. The van der Waals surface area contributed by atoms with E-state index in [0.29, 0.717) is 6.42 Å². The molecule has 2 atom stereocenters. The van der Waals surface area contributed by atoms with Crippen LogP contribution in [-0.4, -0.2) is 25.2 Å². The summed E-state index contributed by atoms with van der Waals surface area (Å²) in [6.07, 6.45) is 3.83.